The molecule has 0 atom stereocenters. The van der Waals surface area contributed by atoms with Gasteiger partial charge in [0.15, 0.2) is 0 Å². The number of carbonyl (C=O) groups excluding carboxylic acids is 1. The fraction of sp³-hybridized carbons (Fsp3) is 0.185. The van der Waals surface area contributed by atoms with E-state index in [1.165, 1.54) is 12.1 Å². The zero-order chi connectivity index (χ0) is 23.4. The van der Waals surface area contributed by atoms with Gasteiger partial charge in [0.2, 0.25) is 11.8 Å². The summed E-state index contributed by atoms with van der Waals surface area (Å²) in [7, 11) is 0. The summed E-state index contributed by atoms with van der Waals surface area (Å²) < 4.78 is 21.6. The largest absolute Gasteiger partial charge is 0.439 e. The van der Waals surface area contributed by atoms with Crippen LogP contribution in [-0.2, 0) is 11.2 Å². The van der Waals surface area contributed by atoms with Crippen LogP contribution in [0.25, 0.3) is 5.69 Å². The highest BCUT2D eigenvalue weighted by Gasteiger charge is 2.20. The number of rotatable bonds is 7. The van der Waals surface area contributed by atoms with Crippen LogP contribution in [0.5, 0.6) is 11.6 Å². The SMILES string of the molecule is Cc1ccc(NC(=O)CCc2c(C)nn(-c3cccc(C)c3)c2Oc2cccc(F)c2)cc1. The third-order valence-electron chi connectivity index (χ3n) is 5.33. The van der Waals surface area contributed by atoms with Gasteiger partial charge in [-0.25, -0.2) is 9.07 Å². The predicted octanol–water partition coefficient (Wildman–Crippen LogP) is 6.30. The quantitative estimate of drug-likeness (QED) is 0.365. The lowest BCUT2D eigenvalue weighted by molar-refractivity contribution is -0.116. The molecule has 0 radical (unpaired) electrons. The van der Waals surface area contributed by atoms with E-state index in [2.05, 4.69) is 10.4 Å². The molecule has 1 amide bonds. The van der Waals surface area contributed by atoms with E-state index in [1.54, 1.807) is 16.8 Å². The topological polar surface area (TPSA) is 56.2 Å². The van der Waals surface area contributed by atoms with Gasteiger partial charge >= 0.3 is 0 Å². The summed E-state index contributed by atoms with van der Waals surface area (Å²) in [6.45, 7) is 5.89. The van der Waals surface area contributed by atoms with Crippen molar-refractivity contribution in [3.63, 3.8) is 0 Å². The van der Waals surface area contributed by atoms with E-state index < -0.39 is 0 Å². The number of aromatic nitrogens is 2. The lowest BCUT2D eigenvalue weighted by Crippen LogP contribution is -2.12. The van der Waals surface area contributed by atoms with Gasteiger partial charge in [-0.3, -0.25) is 4.79 Å². The molecule has 0 fully saturated rings. The van der Waals surface area contributed by atoms with Crippen molar-refractivity contribution in [1.82, 2.24) is 9.78 Å². The van der Waals surface area contributed by atoms with Crippen molar-refractivity contribution in [3.8, 4) is 17.3 Å². The Hall–Kier alpha value is -3.93. The lowest BCUT2D eigenvalue weighted by Gasteiger charge is -2.12. The number of nitrogens with zero attached hydrogens (tertiary/aromatic N) is 2. The molecule has 0 aliphatic heterocycles. The first-order chi connectivity index (χ1) is 15.9. The Bertz CT molecular complexity index is 1280. The number of ether oxygens (including phenoxy) is 1. The third kappa shape index (κ3) is 5.47. The average molecular weight is 444 g/mol. The summed E-state index contributed by atoms with van der Waals surface area (Å²) in [5.41, 5.74) is 5.36. The maximum Gasteiger partial charge on any atom is 0.226 e. The van der Waals surface area contributed by atoms with Crippen LogP contribution in [0.1, 0.15) is 28.8 Å². The highest BCUT2D eigenvalue weighted by Crippen LogP contribution is 2.32. The normalized spacial score (nSPS) is 10.8. The van der Waals surface area contributed by atoms with Crippen LogP contribution in [0, 0.1) is 26.6 Å². The minimum Gasteiger partial charge on any atom is -0.439 e. The molecule has 4 rings (SSSR count). The van der Waals surface area contributed by atoms with Crippen LogP contribution in [-0.4, -0.2) is 15.7 Å². The van der Waals surface area contributed by atoms with Crippen LogP contribution in [0.4, 0.5) is 10.1 Å². The summed E-state index contributed by atoms with van der Waals surface area (Å²) in [5.74, 6) is 0.365. The first-order valence-electron chi connectivity index (χ1n) is 10.8. The summed E-state index contributed by atoms with van der Waals surface area (Å²) in [4.78, 5) is 12.6. The number of nitrogens with one attached hydrogen (secondary N) is 1. The van der Waals surface area contributed by atoms with E-state index in [0.717, 1.165) is 33.8 Å². The highest BCUT2D eigenvalue weighted by atomic mass is 19.1. The monoisotopic (exact) mass is 443 g/mol. The van der Waals surface area contributed by atoms with Crippen molar-refractivity contribution >= 4 is 11.6 Å². The van der Waals surface area contributed by atoms with Crippen LogP contribution in [0.3, 0.4) is 0 Å². The Morgan fingerprint density at radius 1 is 0.970 bits per heavy atom. The molecule has 33 heavy (non-hydrogen) atoms. The molecule has 0 aliphatic carbocycles. The third-order valence-corrected chi connectivity index (χ3v) is 5.33. The molecule has 0 unspecified atom stereocenters. The standard InChI is InChI=1S/C27H26FN3O2/c1-18-10-12-22(13-11-18)29-26(32)15-14-25-20(3)30-31(23-8-4-6-19(2)16-23)27(25)33-24-9-5-7-21(28)17-24/h4-13,16-17H,14-15H2,1-3H3,(H,29,32). The maximum atomic E-state index is 13.8. The number of carbonyl (C=O) groups is 1. The van der Waals surface area contributed by atoms with Gasteiger partial charge in [0, 0.05) is 23.7 Å². The highest BCUT2D eigenvalue weighted by molar-refractivity contribution is 5.90. The minimum absolute atomic E-state index is 0.0988. The predicted molar refractivity (Wildman–Crippen MR) is 128 cm³/mol. The van der Waals surface area contributed by atoms with Crippen LogP contribution >= 0.6 is 0 Å². The Kier molecular flexibility index (Phi) is 6.54. The number of benzene rings is 3. The van der Waals surface area contributed by atoms with E-state index in [4.69, 9.17) is 4.74 Å². The van der Waals surface area contributed by atoms with Crippen LogP contribution in [0.15, 0.2) is 72.8 Å². The summed E-state index contributed by atoms with van der Waals surface area (Å²) in [5, 5.41) is 7.60. The van der Waals surface area contributed by atoms with Gasteiger partial charge < -0.3 is 10.1 Å². The molecule has 0 saturated carbocycles. The molecule has 0 aliphatic rings. The second kappa shape index (κ2) is 9.69. The smallest absolute Gasteiger partial charge is 0.226 e. The molecular formula is C27H26FN3O2. The summed E-state index contributed by atoms with van der Waals surface area (Å²) >= 11 is 0. The Balaban J connectivity index is 1.62. The Morgan fingerprint density at radius 2 is 1.73 bits per heavy atom. The fourth-order valence-electron chi connectivity index (χ4n) is 3.61. The number of anilines is 1. The van der Waals surface area contributed by atoms with Crippen molar-refractivity contribution in [2.45, 2.75) is 33.6 Å². The van der Waals surface area contributed by atoms with Crippen LogP contribution < -0.4 is 10.1 Å². The molecule has 0 spiro atoms. The zero-order valence-electron chi connectivity index (χ0n) is 18.9. The number of hydrogen-bond donors (Lipinski definition) is 1. The van der Waals surface area contributed by atoms with Gasteiger partial charge in [-0.2, -0.15) is 5.10 Å². The molecule has 4 aromatic rings. The zero-order valence-corrected chi connectivity index (χ0v) is 18.9. The molecule has 0 bridgehead atoms. The van der Waals surface area contributed by atoms with Gasteiger partial charge in [0.25, 0.3) is 0 Å². The Labute approximate surface area is 192 Å². The Morgan fingerprint density at radius 3 is 2.45 bits per heavy atom. The molecule has 5 nitrogen and oxygen atoms in total. The summed E-state index contributed by atoms with van der Waals surface area (Å²) in [6, 6.07) is 21.5. The average Bonchev–Trinajstić information content (AvgIpc) is 3.09. The van der Waals surface area contributed by atoms with E-state index >= 15 is 0 Å². The summed E-state index contributed by atoms with van der Waals surface area (Å²) in [6.07, 6.45) is 0.688. The van der Waals surface area contributed by atoms with Crippen molar-refractivity contribution in [2.24, 2.45) is 0 Å². The number of aryl methyl sites for hydroxylation is 3. The van der Waals surface area contributed by atoms with Gasteiger partial charge in [-0.15, -0.1) is 0 Å². The maximum absolute atomic E-state index is 13.8. The first kappa shape index (κ1) is 22.3. The molecule has 168 valence electrons. The van der Waals surface area contributed by atoms with E-state index in [-0.39, 0.29) is 18.1 Å². The molecule has 0 saturated heterocycles. The molecule has 1 N–H and O–H groups in total. The number of halogens is 1. The van der Waals surface area contributed by atoms with Crippen molar-refractivity contribution in [3.05, 3.63) is 101 Å². The van der Waals surface area contributed by atoms with E-state index in [9.17, 15) is 9.18 Å². The lowest BCUT2D eigenvalue weighted by atomic mass is 10.1. The van der Waals surface area contributed by atoms with Gasteiger partial charge in [-0.1, -0.05) is 35.9 Å². The van der Waals surface area contributed by atoms with Crippen molar-refractivity contribution in [2.75, 3.05) is 5.32 Å². The van der Waals surface area contributed by atoms with E-state index in [0.29, 0.717) is 18.1 Å². The van der Waals surface area contributed by atoms with Crippen molar-refractivity contribution in [1.29, 1.82) is 0 Å². The second-order valence-corrected chi connectivity index (χ2v) is 8.09. The minimum atomic E-state index is -0.384. The van der Waals surface area contributed by atoms with Gasteiger partial charge in [-0.05, 0) is 69.2 Å². The van der Waals surface area contributed by atoms with Crippen LogP contribution in [0.2, 0.25) is 0 Å². The van der Waals surface area contributed by atoms with E-state index in [1.807, 2.05) is 69.3 Å². The van der Waals surface area contributed by atoms with Gasteiger partial charge in [0.05, 0.1) is 11.4 Å². The molecule has 3 aromatic carbocycles. The molecular weight excluding hydrogens is 417 g/mol. The molecule has 1 heterocycles. The first-order valence-corrected chi connectivity index (χ1v) is 10.8. The van der Waals surface area contributed by atoms with Crippen molar-refractivity contribution < 1.29 is 13.9 Å². The fourth-order valence-corrected chi connectivity index (χ4v) is 3.61. The molecule has 6 heteroatoms. The number of hydrogen-bond acceptors (Lipinski definition) is 3. The second-order valence-electron chi connectivity index (χ2n) is 8.09. The molecule has 1 aromatic heterocycles. The number of amides is 1. The van der Waals surface area contributed by atoms with Gasteiger partial charge in [0.1, 0.15) is 11.6 Å².